The van der Waals surface area contributed by atoms with E-state index < -0.39 is 0 Å². The van der Waals surface area contributed by atoms with Gasteiger partial charge in [0.15, 0.2) is 0 Å². The number of ether oxygens (including phenoxy) is 1. The van der Waals surface area contributed by atoms with Crippen molar-refractivity contribution in [1.29, 1.82) is 0 Å². The van der Waals surface area contributed by atoms with Crippen molar-refractivity contribution in [2.45, 2.75) is 33.4 Å². The highest BCUT2D eigenvalue weighted by atomic mass is 16.5. The number of hydrogen-bond acceptors (Lipinski definition) is 6. The van der Waals surface area contributed by atoms with Crippen LogP contribution in [0, 0.1) is 6.92 Å². The number of rotatable bonds is 5. The maximum absolute atomic E-state index is 5.51. The lowest BCUT2D eigenvalue weighted by atomic mass is 10.4. The maximum atomic E-state index is 5.51. The molecule has 1 N–H and O–H groups in total. The second-order valence-electron chi connectivity index (χ2n) is 4.33. The van der Waals surface area contributed by atoms with E-state index in [1.54, 1.807) is 18.5 Å². The second-order valence-corrected chi connectivity index (χ2v) is 4.33. The van der Waals surface area contributed by atoms with Crippen LogP contribution in [0.15, 0.2) is 24.5 Å². The zero-order chi connectivity index (χ0) is 13.7. The van der Waals surface area contributed by atoms with E-state index >= 15 is 0 Å². The highest BCUT2D eigenvalue weighted by Gasteiger charge is 2.03. The molecule has 0 saturated carbocycles. The van der Waals surface area contributed by atoms with Gasteiger partial charge in [0.25, 0.3) is 0 Å². The first-order valence-corrected chi connectivity index (χ1v) is 6.15. The Morgan fingerprint density at radius 3 is 2.68 bits per heavy atom. The van der Waals surface area contributed by atoms with E-state index in [4.69, 9.17) is 4.74 Å². The Balaban J connectivity index is 1.99. The topological polar surface area (TPSA) is 72.8 Å². The summed E-state index contributed by atoms with van der Waals surface area (Å²) in [5, 5.41) is 3.11. The van der Waals surface area contributed by atoms with Gasteiger partial charge in [-0.05, 0) is 26.8 Å². The smallest absolute Gasteiger partial charge is 0.226 e. The quantitative estimate of drug-likeness (QED) is 0.885. The third-order valence-electron chi connectivity index (χ3n) is 2.25. The van der Waals surface area contributed by atoms with Crippen LogP contribution in [-0.2, 0) is 6.54 Å². The maximum Gasteiger partial charge on any atom is 0.226 e. The molecule has 2 aromatic heterocycles. The lowest BCUT2D eigenvalue weighted by Crippen LogP contribution is -2.10. The van der Waals surface area contributed by atoms with Crippen molar-refractivity contribution in [1.82, 2.24) is 19.9 Å². The minimum Gasteiger partial charge on any atom is -0.475 e. The Bertz CT molecular complexity index is 544. The van der Waals surface area contributed by atoms with E-state index in [0.29, 0.717) is 18.4 Å². The summed E-state index contributed by atoms with van der Waals surface area (Å²) < 4.78 is 5.51. The third kappa shape index (κ3) is 4.17. The third-order valence-corrected chi connectivity index (χ3v) is 2.25. The van der Waals surface area contributed by atoms with Crippen LogP contribution in [0.4, 0.5) is 5.95 Å². The summed E-state index contributed by atoms with van der Waals surface area (Å²) in [4.78, 5) is 16.8. The van der Waals surface area contributed by atoms with E-state index in [-0.39, 0.29) is 6.10 Å². The van der Waals surface area contributed by atoms with Crippen LogP contribution in [0.2, 0.25) is 0 Å². The van der Waals surface area contributed by atoms with Gasteiger partial charge in [0, 0.05) is 18.5 Å². The van der Waals surface area contributed by atoms with Crippen LogP contribution in [0.25, 0.3) is 0 Å². The first kappa shape index (κ1) is 13.2. The fraction of sp³-hybridized carbons (Fsp3) is 0.385. The number of nitrogens with zero attached hydrogens (tertiary/aromatic N) is 4. The van der Waals surface area contributed by atoms with E-state index in [1.165, 1.54) is 0 Å². The lowest BCUT2D eigenvalue weighted by Gasteiger charge is -2.10. The van der Waals surface area contributed by atoms with Crippen LogP contribution in [-0.4, -0.2) is 26.0 Å². The SMILES string of the molecule is Cc1nccc(CNc2nccc(OC(C)C)n2)n1. The van der Waals surface area contributed by atoms with Crippen LogP contribution in [0.1, 0.15) is 25.4 Å². The Labute approximate surface area is 112 Å². The van der Waals surface area contributed by atoms with Gasteiger partial charge >= 0.3 is 0 Å². The molecular formula is C13H17N5O. The molecule has 2 heterocycles. The molecule has 6 nitrogen and oxygen atoms in total. The first-order chi connectivity index (χ1) is 9.13. The Kier molecular flexibility index (Phi) is 4.22. The van der Waals surface area contributed by atoms with Crippen molar-refractivity contribution in [2.75, 3.05) is 5.32 Å². The molecule has 0 saturated heterocycles. The standard InChI is InChI=1S/C13H17N5O/c1-9(2)19-12-5-7-15-13(18-12)16-8-11-4-6-14-10(3)17-11/h4-7,9H,8H2,1-3H3,(H,15,16,18). The van der Waals surface area contributed by atoms with Crippen LogP contribution < -0.4 is 10.1 Å². The average molecular weight is 259 g/mol. The largest absolute Gasteiger partial charge is 0.475 e. The molecule has 0 aliphatic heterocycles. The summed E-state index contributed by atoms with van der Waals surface area (Å²) in [5.41, 5.74) is 0.895. The number of aromatic nitrogens is 4. The Morgan fingerprint density at radius 2 is 1.95 bits per heavy atom. The minimum absolute atomic E-state index is 0.0901. The molecule has 0 spiro atoms. The summed E-state index contributed by atoms with van der Waals surface area (Å²) in [5.74, 6) is 1.83. The zero-order valence-electron chi connectivity index (χ0n) is 11.3. The highest BCUT2D eigenvalue weighted by molar-refractivity contribution is 5.28. The minimum atomic E-state index is 0.0901. The van der Waals surface area contributed by atoms with Gasteiger partial charge < -0.3 is 10.1 Å². The first-order valence-electron chi connectivity index (χ1n) is 6.15. The molecule has 2 aromatic rings. The van der Waals surface area contributed by atoms with E-state index in [2.05, 4.69) is 25.3 Å². The molecule has 0 atom stereocenters. The van der Waals surface area contributed by atoms with Crippen molar-refractivity contribution < 1.29 is 4.74 Å². The molecule has 0 fully saturated rings. The summed E-state index contributed by atoms with van der Waals surface area (Å²) in [6, 6.07) is 3.59. The highest BCUT2D eigenvalue weighted by Crippen LogP contribution is 2.10. The van der Waals surface area contributed by atoms with E-state index in [1.807, 2.05) is 26.8 Å². The molecule has 0 aliphatic rings. The molecule has 6 heteroatoms. The summed E-state index contributed by atoms with van der Waals surface area (Å²) >= 11 is 0. The molecule has 19 heavy (non-hydrogen) atoms. The normalized spacial score (nSPS) is 10.5. The summed E-state index contributed by atoms with van der Waals surface area (Å²) in [7, 11) is 0. The number of aryl methyl sites for hydroxylation is 1. The zero-order valence-corrected chi connectivity index (χ0v) is 11.3. The van der Waals surface area contributed by atoms with Crippen LogP contribution >= 0.6 is 0 Å². The van der Waals surface area contributed by atoms with Gasteiger partial charge in [-0.25, -0.2) is 15.0 Å². The molecule has 100 valence electrons. The summed E-state index contributed by atoms with van der Waals surface area (Å²) in [6.45, 7) is 6.32. The predicted molar refractivity (Wildman–Crippen MR) is 71.9 cm³/mol. The van der Waals surface area contributed by atoms with Crippen molar-refractivity contribution in [3.63, 3.8) is 0 Å². The molecule has 0 bridgehead atoms. The summed E-state index contributed by atoms with van der Waals surface area (Å²) in [6.07, 6.45) is 3.49. The molecule has 0 aromatic carbocycles. The Hall–Kier alpha value is -2.24. The van der Waals surface area contributed by atoms with Crippen LogP contribution in [0.5, 0.6) is 5.88 Å². The van der Waals surface area contributed by atoms with Crippen molar-refractivity contribution in [3.8, 4) is 5.88 Å². The fourth-order valence-corrected chi connectivity index (χ4v) is 1.51. The lowest BCUT2D eigenvalue weighted by molar-refractivity contribution is 0.232. The van der Waals surface area contributed by atoms with Gasteiger partial charge in [-0.2, -0.15) is 4.98 Å². The van der Waals surface area contributed by atoms with Gasteiger partial charge in [-0.3, -0.25) is 0 Å². The van der Waals surface area contributed by atoms with Crippen molar-refractivity contribution >= 4 is 5.95 Å². The number of anilines is 1. The number of nitrogens with one attached hydrogen (secondary N) is 1. The van der Waals surface area contributed by atoms with Gasteiger partial charge in [0.05, 0.1) is 18.3 Å². The van der Waals surface area contributed by atoms with Gasteiger partial charge in [-0.15, -0.1) is 0 Å². The monoisotopic (exact) mass is 259 g/mol. The number of hydrogen-bond donors (Lipinski definition) is 1. The molecule has 0 radical (unpaired) electrons. The Morgan fingerprint density at radius 1 is 1.16 bits per heavy atom. The molecule has 0 aliphatic carbocycles. The predicted octanol–water partition coefficient (Wildman–Crippen LogP) is 1.97. The molecule has 0 amide bonds. The molecular weight excluding hydrogens is 242 g/mol. The molecule has 2 rings (SSSR count). The van der Waals surface area contributed by atoms with Gasteiger partial charge in [0.1, 0.15) is 5.82 Å². The van der Waals surface area contributed by atoms with E-state index in [9.17, 15) is 0 Å². The second kappa shape index (κ2) is 6.08. The average Bonchev–Trinajstić information content (AvgIpc) is 2.36. The van der Waals surface area contributed by atoms with Crippen molar-refractivity contribution in [2.24, 2.45) is 0 Å². The fourth-order valence-electron chi connectivity index (χ4n) is 1.51. The van der Waals surface area contributed by atoms with E-state index in [0.717, 1.165) is 11.5 Å². The van der Waals surface area contributed by atoms with Gasteiger partial charge in [-0.1, -0.05) is 0 Å². The van der Waals surface area contributed by atoms with Gasteiger partial charge in [0.2, 0.25) is 11.8 Å². The molecule has 0 unspecified atom stereocenters. The van der Waals surface area contributed by atoms with Crippen LogP contribution in [0.3, 0.4) is 0 Å². The van der Waals surface area contributed by atoms with Crippen molar-refractivity contribution in [3.05, 3.63) is 36.0 Å².